The molecule has 118 valence electrons. The van der Waals surface area contributed by atoms with Crippen LogP contribution < -0.4 is 11.2 Å². The summed E-state index contributed by atoms with van der Waals surface area (Å²) in [5, 5.41) is 19.2. The lowest BCUT2D eigenvalue weighted by molar-refractivity contribution is -0.0762. The van der Waals surface area contributed by atoms with Crippen LogP contribution in [0.2, 0.25) is 0 Å². The van der Waals surface area contributed by atoms with E-state index in [0.29, 0.717) is 0 Å². The molecule has 9 heteroatoms. The number of nitrogens with one attached hydrogen (secondary N) is 1. The summed E-state index contributed by atoms with van der Waals surface area (Å²) in [5.41, 5.74) is -1.01. The SMILES string of the molecule is Cc1cn([C@@H]2O[C@H](CO)C(O)C2OCCF)c(=O)[nH]c1=O. The minimum Gasteiger partial charge on any atom is -0.394 e. The van der Waals surface area contributed by atoms with Crippen molar-refractivity contribution in [3.8, 4) is 0 Å². The van der Waals surface area contributed by atoms with E-state index in [1.807, 2.05) is 0 Å². The summed E-state index contributed by atoms with van der Waals surface area (Å²) in [5.74, 6) is 0. The van der Waals surface area contributed by atoms with Crippen molar-refractivity contribution in [3.05, 3.63) is 32.6 Å². The van der Waals surface area contributed by atoms with E-state index in [9.17, 15) is 19.1 Å². The molecule has 21 heavy (non-hydrogen) atoms. The van der Waals surface area contributed by atoms with Crippen LogP contribution in [-0.4, -0.2) is 58.0 Å². The van der Waals surface area contributed by atoms with Gasteiger partial charge in [-0.1, -0.05) is 0 Å². The van der Waals surface area contributed by atoms with Gasteiger partial charge >= 0.3 is 5.69 Å². The maximum absolute atomic E-state index is 12.3. The molecule has 4 atom stereocenters. The summed E-state index contributed by atoms with van der Waals surface area (Å²) >= 11 is 0. The predicted octanol–water partition coefficient (Wildman–Crippen LogP) is -1.55. The summed E-state index contributed by atoms with van der Waals surface area (Å²) in [7, 11) is 0. The summed E-state index contributed by atoms with van der Waals surface area (Å²) < 4.78 is 23.9. The van der Waals surface area contributed by atoms with Crippen LogP contribution >= 0.6 is 0 Å². The first kappa shape index (κ1) is 15.8. The van der Waals surface area contributed by atoms with Crippen molar-refractivity contribution >= 4 is 0 Å². The fourth-order valence-corrected chi connectivity index (χ4v) is 2.23. The van der Waals surface area contributed by atoms with Crippen LogP contribution in [0.15, 0.2) is 15.8 Å². The van der Waals surface area contributed by atoms with E-state index in [1.54, 1.807) is 0 Å². The average molecular weight is 304 g/mol. The number of aliphatic hydroxyl groups excluding tert-OH is 2. The van der Waals surface area contributed by atoms with E-state index in [0.717, 1.165) is 4.57 Å². The van der Waals surface area contributed by atoms with Gasteiger partial charge in [0.25, 0.3) is 5.56 Å². The van der Waals surface area contributed by atoms with Gasteiger partial charge in [0.1, 0.15) is 25.0 Å². The maximum atomic E-state index is 12.3. The van der Waals surface area contributed by atoms with Gasteiger partial charge in [-0.3, -0.25) is 14.3 Å². The van der Waals surface area contributed by atoms with Gasteiger partial charge in [-0.25, -0.2) is 9.18 Å². The van der Waals surface area contributed by atoms with Gasteiger partial charge in [-0.15, -0.1) is 0 Å². The minimum absolute atomic E-state index is 0.268. The molecular formula is C12H17FN2O6. The van der Waals surface area contributed by atoms with E-state index in [1.165, 1.54) is 13.1 Å². The normalized spacial score (nSPS) is 29.0. The smallest absolute Gasteiger partial charge is 0.330 e. The van der Waals surface area contributed by atoms with Crippen molar-refractivity contribution in [2.75, 3.05) is 19.9 Å². The molecule has 8 nitrogen and oxygen atoms in total. The quantitative estimate of drug-likeness (QED) is 0.607. The van der Waals surface area contributed by atoms with Gasteiger partial charge in [0.15, 0.2) is 6.23 Å². The molecule has 0 bridgehead atoms. The molecule has 0 amide bonds. The zero-order valence-corrected chi connectivity index (χ0v) is 11.4. The highest BCUT2D eigenvalue weighted by Gasteiger charge is 2.45. The Kier molecular flexibility index (Phi) is 4.88. The summed E-state index contributed by atoms with van der Waals surface area (Å²) in [6.45, 7) is -0.0263. The first-order valence-corrected chi connectivity index (χ1v) is 6.43. The van der Waals surface area contributed by atoms with Crippen molar-refractivity contribution in [1.82, 2.24) is 9.55 Å². The highest BCUT2D eigenvalue weighted by atomic mass is 19.1. The van der Waals surface area contributed by atoms with Crippen LogP contribution in [0, 0.1) is 6.92 Å². The number of alkyl halides is 1. The zero-order valence-electron chi connectivity index (χ0n) is 11.4. The van der Waals surface area contributed by atoms with E-state index in [2.05, 4.69) is 4.98 Å². The molecule has 0 aliphatic carbocycles. The maximum Gasteiger partial charge on any atom is 0.330 e. The molecule has 0 saturated carbocycles. The Bertz CT molecular complexity index is 600. The zero-order chi connectivity index (χ0) is 15.6. The van der Waals surface area contributed by atoms with Gasteiger partial charge in [-0.05, 0) is 6.92 Å². The van der Waals surface area contributed by atoms with Crippen molar-refractivity contribution < 1.29 is 24.1 Å². The highest BCUT2D eigenvalue weighted by Crippen LogP contribution is 2.30. The van der Waals surface area contributed by atoms with Crippen molar-refractivity contribution in [2.45, 2.75) is 31.5 Å². The van der Waals surface area contributed by atoms with Crippen LogP contribution in [-0.2, 0) is 9.47 Å². The van der Waals surface area contributed by atoms with Crippen molar-refractivity contribution in [3.63, 3.8) is 0 Å². The largest absolute Gasteiger partial charge is 0.394 e. The Morgan fingerprint density at radius 1 is 1.52 bits per heavy atom. The monoisotopic (exact) mass is 304 g/mol. The molecule has 0 radical (unpaired) electrons. The van der Waals surface area contributed by atoms with Crippen LogP contribution in [0.1, 0.15) is 11.8 Å². The number of halogens is 1. The molecule has 0 spiro atoms. The minimum atomic E-state index is -1.22. The lowest BCUT2D eigenvalue weighted by atomic mass is 10.1. The second-order valence-electron chi connectivity index (χ2n) is 4.74. The molecule has 2 rings (SSSR count). The molecule has 0 aromatic carbocycles. The van der Waals surface area contributed by atoms with E-state index in [4.69, 9.17) is 14.6 Å². The van der Waals surface area contributed by atoms with Crippen LogP contribution in [0.25, 0.3) is 0 Å². The third-order valence-electron chi connectivity index (χ3n) is 3.30. The third-order valence-corrected chi connectivity index (χ3v) is 3.30. The van der Waals surface area contributed by atoms with E-state index in [-0.39, 0.29) is 12.2 Å². The second-order valence-corrected chi connectivity index (χ2v) is 4.74. The Balaban J connectivity index is 2.37. The van der Waals surface area contributed by atoms with Gasteiger partial charge in [0, 0.05) is 11.8 Å². The Hall–Kier alpha value is -1.55. The molecule has 1 fully saturated rings. The molecule has 1 saturated heterocycles. The molecule has 1 aromatic rings. The van der Waals surface area contributed by atoms with Crippen LogP contribution in [0.5, 0.6) is 0 Å². The number of nitrogens with zero attached hydrogens (tertiary/aromatic N) is 1. The number of hydrogen-bond acceptors (Lipinski definition) is 6. The standard InChI is InChI=1S/C12H17FN2O6/c1-6-4-15(12(19)14-10(6)18)11-9(20-3-2-13)8(17)7(5-16)21-11/h4,7-9,11,16-17H,2-3,5H2,1H3,(H,14,18,19)/t7-,8?,9?,11-/m1/s1. The first-order valence-electron chi connectivity index (χ1n) is 6.43. The number of aliphatic hydroxyl groups is 2. The van der Waals surface area contributed by atoms with E-state index >= 15 is 0 Å². The third kappa shape index (κ3) is 3.05. The second kappa shape index (κ2) is 6.48. The summed E-state index contributed by atoms with van der Waals surface area (Å²) in [4.78, 5) is 25.3. The average Bonchev–Trinajstić information content (AvgIpc) is 2.77. The Morgan fingerprint density at radius 2 is 2.24 bits per heavy atom. The molecule has 3 N–H and O–H groups in total. The number of ether oxygens (including phenoxy) is 2. The molecule has 1 aromatic heterocycles. The lowest BCUT2D eigenvalue weighted by Crippen LogP contribution is -2.40. The molecule has 2 heterocycles. The molecule has 2 unspecified atom stereocenters. The highest BCUT2D eigenvalue weighted by molar-refractivity contribution is 5.03. The Morgan fingerprint density at radius 3 is 2.86 bits per heavy atom. The Labute approximate surface area is 118 Å². The first-order chi connectivity index (χ1) is 9.99. The van der Waals surface area contributed by atoms with Gasteiger partial charge in [-0.2, -0.15) is 0 Å². The number of hydrogen-bond donors (Lipinski definition) is 3. The number of H-pyrrole nitrogens is 1. The van der Waals surface area contributed by atoms with Gasteiger partial charge < -0.3 is 19.7 Å². The molecule has 1 aliphatic rings. The van der Waals surface area contributed by atoms with Crippen LogP contribution in [0.4, 0.5) is 4.39 Å². The predicted molar refractivity (Wildman–Crippen MR) is 68.8 cm³/mol. The van der Waals surface area contributed by atoms with Gasteiger partial charge in [0.05, 0.1) is 13.2 Å². The van der Waals surface area contributed by atoms with Crippen molar-refractivity contribution in [2.24, 2.45) is 0 Å². The fourth-order valence-electron chi connectivity index (χ4n) is 2.23. The lowest BCUT2D eigenvalue weighted by Gasteiger charge is -2.22. The molecular weight excluding hydrogens is 287 g/mol. The van der Waals surface area contributed by atoms with Gasteiger partial charge in [0.2, 0.25) is 0 Å². The fraction of sp³-hybridized carbons (Fsp3) is 0.667. The molecule has 1 aliphatic heterocycles. The number of rotatable bonds is 5. The van der Waals surface area contributed by atoms with E-state index < -0.39 is 49.1 Å². The topological polar surface area (TPSA) is 114 Å². The number of aromatic amines is 1. The van der Waals surface area contributed by atoms with Crippen LogP contribution in [0.3, 0.4) is 0 Å². The summed E-state index contributed by atoms with van der Waals surface area (Å²) in [6, 6.07) is 0. The van der Waals surface area contributed by atoms with Crippen molar-refractivity contribution in [1.29, 1.82) is 0 Å². The number of aromatic nitrogens is 2. The number of aryl methyl sites for hydroxylation is 1. The summed E-state index contributed by atoms with van der Waals surface area (Å²) in [6.07, 6.45) is -3.00.